The van der Waals surface area contributed by atoms with Gasteiger partial charge in [0.1, 0.15) is 0 Å². The van der Waals surface area contributed by atoms with Crippen LogP contribution in [0.15, 0.2) is 24.3 Å². The lowest BCUT2D eigenvalue weighted by Gasteiger charge is -2.30. The van der Waals surface area contributed by atoms with E-state index in [0.717, 1.165) is 0 Å². The van der Waals surface area contributed by atoms with Crippen molar-refractivity contribution >= 4 is 29.5 Å². The SMILES string of the molecule is CCOC(=O)C1CCN(C(=O)NNC(=O)c2cccc(Cl)c2)CC1. The predicted octanol–water partition coefficient (Wildman–Crippen LogP) is 1.97. The highest BCUT2D eigenvalue weighted by Crippen LogP contribution is 2.18. The number of rotatable bonds is 3. The van der Waals surface area contributed by atoms with Crippen LogP contribution in [0.25, 0.3) is 0 Å². The Morgan fingerprint density at radius 2 is 1.96 bits per heavy atom. The molecule has 130 valence electrons. The molecule has 1 aliphatic rings. The Bertz CT molecular complexity index is 615. The highest BCUT2D eigenvalue weighted by Gasteiger charge is 2.28. The number of halogens is 1. The van der Waals surface area contributed by atoms with E-state index in [1.807, 2.05) is 0 Å². The number of nitrogens with zero attached hydrogens (tertiary/aromatic N) is 1. The summed E-state index contributed by atoms with van der Waals surface area (Å²) in [6.07, 6.45) is 1.10. The maximum Gasteiger partial charge on any atom is 0.336 e. The molecule has 24 heavy (non-hydrogen) atoms. The summed E-state index contributed by atoms with van der Waals surface area (Å²) in [6, 6.07) is 6.00. The highest BCUT2D eigenvalue weighted by atomic mass is 35.5. The van der Waals surface area contributed by atoms with Crippen molar-refractivity contribution < 1.29 is 19.1 Å². The number of hydrogen-bond acceptors (Lipinski definition) is 4. The number of ether oxygens (including phenoxy) is 1. The largest absolute Gasteiger partial charge is 0.466 e. The van der Waals surface area contributed by atoms with Crippen LogP contribution in [0.4, 0.5) is 4.79 Å². The zero-order valence-electron chi connectivity index (χ0n) is 13.4. The second kappa shape index (κ2) is 8.54. The summed E-state index contributed by atoms with van der Waals surface area (Å²) in [4.78, 5) is 37.2. The minimum absolute atomic E-state index is 0.171. The lowest BCUT2D eigenvalue weighted by molar-refractivity contribution is -0.149. The third-order valence-electron chi connectivity index (χ3n) is 3.77. The molecule has 7 nitrogen and oxygen atoms in total. The van der Waals surface area contributed by atoms with Gasteiger partial charge in [-0.25, -0.2) is 10.2 Å². The average molecular weight is 354 g/mol. The molecule has 1 aliphatic heterocycles. The van der Waals surface area contributed by atoms with Crippen molar-refractivity contribution in [2.45, 2.75) is 19.8 Å². The van der Waals surface area contributed by atoms with Crippen molar-refractivity contribution in [3.8, 4) is 0 Å². The zero-order valence-corrected chi connectivity index (χ0v) is 14.1. The molecule has 2 N–H and O–H groups in total. The first-order valence-corrected chi connectivity index (χ1v) is 8.16. The fourth-order valence-electron chi connectivity index (χ4n) is 2.47. The van der Waals surface area contributed by atoms with Crippen LogP contribution in [0, 0.1) is 5.92 Å². The van der Waals surface area contributed by atoms with E-state index in [-0.39, 0.29) is 11.9 Å². The second-order valence-corrected chi connectivity index (χ2v) is 5.84. The average Bonchev–Trinajstić information content (AvgIpc) is 2.59. The number of nitrogens with one attached hydrogen (secondary N) is 2. The van der Waals surface area contributed by atoms with Crippen molar-refractivity contribution in [3.05, 3.63) is 34.9 Å². The van der Waals surface area contributed by atoms with Crippen LogP contribution in [-0.4, -0.2) is 42.5 Å². The maximum atomic E-state index is 12.1. The number of amides is 3. The van der Waals surface area contributed by atoms with Gasteiger partial charge in [0.2, 0.25) is 0 Å². The van der Waals surface area contributed by atoms with Crippen LogP contribution in [0.1, 0.15) is 30.1 Å². The van der Waals surface area contributed by atoms with Gasteiger partial charge in [-0.15, -0.1) is 0 Å². The number of likely N-dealkylation sites (tertiary alicyclic amines) is 1. The van der Waals surface area contributed by atoms with Gasteiger partial charge in [-0.05, 0) is 38.0 Å². The Balaban J connectivity index is 1.77. The summed E-state index contributed by atoms with van der Waals surface area (Å²) in [5.41, 5.74) is 5.07. The molecule has 1 aromatic rings. The summed E-state index contributed by atoms with van der Waals surface area (Å²) in [5.74, 6) is -0.839. The van der Waals surface area contributed by atoms with Crippen LogP contribution >= 0.6 is 11.6 Å². The van der Waals surface area contributed by atoms with E-state index in [1.165, 1.54) is 6.07 Å². The molecular formula is C16H20ClN3O4. The van der Waals surface area contributed by atoms with Gasteiger partial charge in [-0.2, -0.15) is 0 Å². The minimum atomic E-state index is -0.452. The molecule has 1 fully saturated rings. The molecule has 1 heterocycles. The zero-order chi connectivity index (χ0) is 17.5. The molecule has 8 heteroatoms. The van der Waals surface area contributed by atoms with Crippen LogP contribution in [-0.2, 0) is 9.53 Å². The number of esters is 1. The van der Waals surface area contributed by atoms with Crippen LogP contribution in [0.2, 0.25) is 5.02 Å². The van der Waals surface area contributed by atoms with Gasteiger partial charge in [0.25, 0.3) is 5.91 Å². The van der Waals surface area contributed by atoms with Gasteiger partial charge in [0, 0.05) is 23.7 Å². The van der Waals surface area contributed by atoms with Crippen LogP contribution in [0.5, 0.6) is 0 Å². The quantitative estimate of drug-likeness (QED) is 0.642. The number of benzene rings is 1. The van der Waals surface area contributed by atoms with E-state index in [2.05, 4.69) is 10.9 Å². The Morgan fingerprint density at radius 3 is 2.58 bits per heavy atom. The fourth-order valence-corrected chi connectivity index (χ4v) is 2.66. The number of carbonyl (C=O) groups excluding carboxylic acids is 3. The Kier molecular flexibility index (Phi) is 6.43. The summed E-state index contributed by atoms with van der Waals surface area (Å²) < 4.78 is 4.99. The molecule has 0 bridgehead atoms. The number of hydrazine groups is 1. The van der Waals surface area contributed by atoms with Crippen molar-refractivity contribution in [1.82, 2.24) is 15.8 Å². The molecule has 1 saturated heterocycles. The Hall–Kier alpha value is -2.28. The summed E-state index contributed by atoms with van der Waals surface area (Å²) in [5, 5.41) is 0.440. The van der Waals surface area contributed by atoms with Gasteiger partial charge in [-0.3, -0.25) is 15.0 Å². The van der Waals surface area contributed by atoms with Crippen LogP contribution < -0.4 is 10.9 Å². The molecule has 0 aromatic heterocycles. The second-order valence-electron chi connectivity index (χ2n) is 5.41. The Labute approximate surface area is 145 Å². The number of hydrogen-bond donors (Lipinski definition) is 2. The minimum Gasteiger partial charge on any atom is -0.466 e. The molecule has 0 radical (unpaired) electrons. The standard InChI is InChI=1S/C16H20ClN3O4/c1-2-24-15(22)11-6-8-20(9-7-11)16(23)19-18-14(21)12-4-3-5-13(17)10-12/h3-5,10-11H,2,6-9H2,1H3,(H,18,21)(H,19,23). The Morgan fingerprint density at radius 1 is 1.25 bits per heavy atom. The van der Waals surface area contributed by atoms with Gasteiger partial charge in [-0.1, -0.05) is 17.7 Å². The third-order valence-corrected chi connectivity index (χ3v) is 4.01. The first-order chi connectivity index (χ1) is 11.5. The normalized spacial score (nSPS) is 14.8. The molecule has 0 atom stereocenters. The number of urea groups is 1. The molecule has 0 unspecified atom stereocenters. The molecule has 1 aromatic carbocycles. The van der Waals surface area contributed by atoms with Gasteiger partial charge in [0.05, 0.1) is 12.5 Å². The number of piperidine rings is 1. The molecule has 0 spiro atoms. The lowest BCUT2D eigenvalue weighted by Crippen LogP contribution is -2.51. The topological polar surface area (TPSA) is 87.7 Å². The monoisotopic (exact) mass is 353 g/mol. The summed E-state index contributed by atoms with van der Waals surface area (Å²) >= 11 is 5.82. The molecular weight excluding hydrogens is 334 g/mol. The predicted molar refractivity (Wildman–Crippen MR) is 88.4 cm³/mol. The molecule has 2 rings (SSSR count). The molecule has 0 saturated carbocycles. The smallest absolute Gasteiger partial charge is 0.336 e. The summed E-state index contributed by atoms with van der Waals surface area (Å²) in [6.45, 7) is 2.99. The maximum absolute atomic E-state index is 12.1. The van der Waals surface area contributed by atoms with Gasteiger partial charge < -0.3 is 9.64 Å². The van der Waals surface area contributed by atoms with E-state index in [1.54, 1.807) is 30.0 Å². The highest BCUT2D eigenvalue weighted by molar-refractivity contribution is 6.30. The third kappa shape index (κ3) is 4.86. The first-order valence-electron chi connectivity index (χ1n) is 7.78. The van der Waals surface area contributed by atoms with Crippen molar-refractivity contribution in [1.29, 1.82) is 0 Å². The molecule has 0 aliphatic carbocycles. The van der Waals surface area contributed by atoms with E-state index in [4.69, 9.17) is 16.3 Å². The first kappa shape index (κ1) is 18.1. The van der Waals surface area contributed by atoms with E-state index >= 15 is 0 Å². The van der Waals surface area contributed by atoms with E-state index in [9.17, 15) is 14.4 Å². The molecule has 3 amide bonds. The van der Waals surface area contributed by atoms with Crippen molar-refractivity contribution in [2.24, 2.45) is 5.92 Å². The van der Waals surface area contributed by atoms with E-state index in [0.29, 0.717) is 43.1 Å². The van der Waals surface area contributed by atoms with Gasteiger partial charge in [0.15, 0.2) is 0 Å². The lowest BCUT2D eigenvalue weighted by atomic mass is 9.97. The van der Waals surface area contributed by atoms with Crippen molar-refractivity contribution in [3.63, 3.8) is 0 Å². The van der Waals surface area contributed by atoms with Gasteiger partial charge >= 0.3 is 12.0 Å². The van der Waals surface area contributed by atoms with Crippen molar-refractivity contribution in [2.75, 3.05) is 19.7 Å². The van der Waals surface area contributed by atoms with Crippen LogP contribution in [0.3, 0.4) is 0 Å². The number of carbonyl (C=O) groups is 3. The summed E-state index contributed by atoms with van der Waals surface area (Å²) in [7, 11) is 0. The van der Waals surface area contributed by atoms with E-state index < -0.39 is 11.9 Å². The fraction of sp³-hybridized carbons (Fsp3) is 0.438.